The fourth-order valence-electron chi connectivity index (χ4n) is 1.57. The molecule has 1 fully saturated rings. The SMILES string of the molecule is CN1CCC(C(=O)OC(=O)C(C)(C)C)CC1. The number of carbonyl (C=O) groups is 2. The summed E-state index contributed by atoms with van der Waals surface area (Å²) in [7, 11) is 2.03. The lowest BCUT2D eigenvalue weighted by molar-refractivity contribution is -0.169. The molecule has 0 spiro atoms. The summed E-state index contributed by atoms with van der Waals surface area (Å²) in [6.45, 7) is 7.03. The van der Waals surface area contributed by atoms with Crippen LogP contribution in [0.1, 0.15) is 33.6 Å². The first-order valence-electron chi connectivity index (χ1n) is 5.75. The van der Waals surface area contributed by atoms with Crippen LogP contribution in [0.15, 0.2) is 0 Å². The monoisotopic (exact) mass is 227 g/mol. The zero-order valence-corrected chi connectivity index (χ0v) is 10.6. The first-order chi connectivity index (χ1) is 7.30. The van der Waals surface area contributed by atoms with Crippen LogP contribution in [0.3, 0.4) is 0 Å². The van der Waals surface area contributed by atoms with Crippen molar-refractivity contribution in [2.75, 3.05) is 20.1 Å². The molecule has 0 aromatic rings. The van der Waals surface area contributed by atoms with Gasteiger partial charge in [0.25, 0.3) is 0 Å². The molecule has 1 aliphatic rings. The Kier molecular flexibility index (Phi) is 4.08. The van der Waals surface area contributed by atoms with Crippen LogP contribution in [0.25, 0.3) is 0 Å². The van der Waals surface area contributed by atoms with Gasteiger partial charge in [0.2, 0.25) is 0 Å². The molecular formula is C12H21NO3. The van der Waals surface area contributed by atoms with Crippen molar-refractivity contribution in [3.63, 3.8) is 0 Å². The average molecular weight is 227 g/mol. The van der Waals surface area contributed by atoms with Crippen LogP contribution in [-0.2, 0) is 14.3 Å². The van der Waals surface area contributed by atoms with Gasteiger partial charge in [-0.1, -0.05) is 0 Å². The van der Waals surface area contributed by atoms with Gasteiger partial charge in [0.15, 0.2) is 0 Å². The smallest absolute Gasteiger partial charge is 0.318 e. The van der Waals surface area contributed by atoms with Crippen molar-refractivity contribution in [1.82, 2.24) is 4.90 Å². The topological polar surface area (TPSA) is 46.6 Å². The third-order valence-corrected chi connectivity index (χ3v) is 2.86. The second kappa shape index (κ2) is 4.95. The molecule has 0 unspecified atom stereocenters. The van der Waals surface area contributed by atoms with E-state index in [4.69, 9.17) is 4.74 Å². The number of hydrogen-bond acceptors (Lipinski definition) is 4. The zero-order chi connectivity index (χ0) is 12.3. The van der Waals surface area contributed by atoms with E-state index in [2.05, 4.69) is 4.90 Å². The highest BCUT2D eigenvalue weighted by Crippen LogP contribution is 2.21. The highest BCUT2D eigenvalue weighted by molar-refractivity contribution is 5.89. The molecule has 0 aromatic carbocycles. The van der Waals surface area contributed by atoms with Gasteiger partial charge >= 0.3 is 11.9 Å². The first kappa shape index (κ1) is 13.2. The molecule has 1 saturated heterocycles. The van der Waals surface area contributed by atoms with E-state index < -0.39 is 11.4 Å². The van der Waals surface area contributed by atoms with Crippen LogP contribution in [-0.4, -0.2) is 37.0 Å². The molecule has 16 heavy (non-hydrogen) atoms. The summed E-state index contributed by atoms with van der Waals surface area (Å²) in [6, 6.07) is 0. The van der Waals surface area contributed by atoms with Crippen molar-refractivity contribution >= 4 is 11.9 Å². The molecule has 1 rings (SSSR count). The molecule has 0 N–H and O–H groups in total. The molecule has 0 amide bonds. The van der Waals surface area contributed by atoms with Crippen LogP contribution >= 0.6 is 0 Å². The van der Waals surface area contributed by atoms with Crippen LogP contribution in [0, 0.1) is 11.3 Å². The molecule has 92 valence electrons. The van der Waals surface area contributed by atoms with Gasteiger partial charge in [-0.05, 0) is 53.8 Å². The minimum absolute atomic E-state index is 0.109. The van der Waals surface area contributed by atoms with E-state index in [-0.39, 0.29) is 11.9 Å². The second-order valence-corrected chi connectivity index (χ2v) is 5.54. The van der Waals surface area contributed by atoms with E-state index in [9.17, 15) is 9.59 Å². The second-order valence-electron chi connectivity index (χ2n) is 5.54. The van der Waals surface area contributed by atoms with Gasteiger partial charge in [-0.15, -0.1) is 0 Å². The number of carbonyl (C=O) groups excluding carboxylic acids is 2. The largest absolute Gasteiger partial charge is 0.393 e. The predicted octanol–water partition coefficient (Wildman–Crippen LogP) is 1.44. The Morgan fingerprint density at radius 2 is 1.69 bits per heavy atom. The quantitative estimate of drug-likeness (QED) is 0.502. The number of rotatable bonds is 1. The molecule has 0 radical (unpaired) electrons. The number of piperidine rings is 1. The fourth-order valence-corrected chi connectivity index (χ4v) is 1.57. The summed E-state index contributed by atoms with van der Waals surface area (Å²) >= 11 is 0. The van der Waals surface area contributed by atoms with E-state index in [1.165, 1.54) is 0 Å². The van der Waals surface area contributed by atoms with Gasteiger partial charge in [-0.3, -0.25) is 9.59 Å². The lowest BCUT2D eigenvalue weighted by atomic mass is 9.95. The Labute approximate surface area is 96.9 Å². The third-order valence-electron chi connectivity index (χ3n) is 2.86. The number of likely N-dealkylation sites (tertiary alicyclic amines) is 1. The minimum atomic E-state index is -0.610. The van der Waals surface area contributed by atoms with E-state index >= 15 is 0 Å². The number of hydrogen-bond donors (Lipinski definition) is 0. The Balaban J connectivity index is 2.44. The average Bonchev–Trinajstić information content (AvgIpc) is 2.17. The molecule has 0 bridgehead atoms. The molecule has 0 saturated carbocycles. The Bertz CT molecular complexity index is 272. The van der Waals surface area contributed by atoms with Crippen molar-refractivity contribution in [2.24, 2.45) is 11.3 Å². The van der Waals surface area contributed by atoms with Gasteiger partial charge in [-0.25, -0.2) is 0 Å². The standard InChI is InChI=1S/C12H21NO3/c1-12(2,3)11(15)16-10(14)9-5-7-13(4)8-6-9/h9H,5-8H2,1-4H3. The van der Waals surface area contributed by atoms with Crippen LogP contribution in [0.5, 0.6) is 0 Å². The van der Waals surface area contributed by atoms with E-state index in [0.29, 0.717) is 0 Å². The van der Waals surface area contributed by atoms with E-state index in [1.807, 2.05) is 7.05 Å². The van der Waals surface area contributed by atoms with Gasteiger partial charge in [0, 0.05) is 0 Å². The number of esters is 2. The molecule has 1 heterocycles. The Hall–Kier alpha value is -0.900. The Morgan fingerprint density at radius 1 is 1.19 bits per heavy atom. The van der Waals surface area contributed by atoms with Gasteiger partial charge < -0.3 is 9.64 Å². The summed E-state index contributed by atoms with van der Waals surface area (Å²) in [4.78, 5) is 25.4. The summed E-state index contributed by atoms with van der Waals surface area (Å²) in [5.41, 5.74) is -0.610. The Morgan fingerprint density at radius 3 is 2.12 bits per heavy atom. The van der Waals surface area contributed by atoms with Crippen LogP contribution in [0.2, 0.25) is 0 Å². The van der Waals surface area contributed by atoms with Crippen molar-refractivity contribution in [1.29, 1.82) is 0 Å². The highest BCUT2D eigenvalue weighted by Gasteiger charge is 2.30. The lowest BCUT2D eigenvalue weighted by Gasteiger charge is -2.27. The first-order valence-corrected chi connectivity index (χ1v) is 5.75. The maximum Gasteiger partial charge on any atom is 0.318 e. The van der Waals surface area contributed by atoms with E-state index in [1.54, 1.807) is 20.8 Å². The van der Waals surface area contributed by atoms with Crippen LogP contribution < -0.4 is 0 Å². The van der Waals surface area contributed by atoms with Crippen molar-refractivity contribution in [3.8, 4) is 0 Å². The number of ether oxygens (including phenoxy) is 1. The molecule has 0 aromatic heterocycles. The van der Waals surface area contributed by atoms with Gasteiger partial charge in [0.1, 0.15) is 0 Å². The zero-order valence-electron chi connectivity index (χ0n) is 10.6. The predicted molar refractivity (Wildman–Crippen MR) is 60.8 cm³/mol. The van der Waals surface area contributed by atoms with Crippen LogP contribution in [0.4, 0.5) is 0 Å². The summed E-state index contributed by atoms with van der Waals surface area (Å²) in [6.07, 6.45) is 1.57. The maximum absolute atomic E-state index is 11.7. The fraction of sp³-hybridized carbons (Fsp3) is 0.833. The summed E-state index contributed by atoms with van der Waals surface area (Å²) in [5, 5.41) is 0. The molecular weight excluding hydrogens is 206 g/mol. The van der Waals surface area contributed by atoms with Crippen molar-refractivity contribution < 1.29 is 14.3 Å². The minimum Gasteiger partial charge on any atom is -0.393 e. The number of nitrogens with zero attached hydrogens (tertiary/aromatic N) is 1. The summed E-state index contributed by atoms with van der Waals surface area (Å²) in [5.74, 6) is -0.896. The van der Waals surface area contributed by atoms with Crippen molar-refractivity contribution in [3.05, 3.63) is 0 Å². The highest BCUT2D eigenvalue weighted by atomic mass is 16.6. The van der Waals surface area contributed by atoms with E-state index in [0.717, 1.165) is 25.9 Å². The molecule has 4 nitrogen and oxygen atoms in total. The lowest BCUT2D eigenvalue weighted by Crippen LogP contribution is -2.36. The van der Waals surface area contributed by atoms with Gasteiger partial charge in [-0.2, -0.15) is 0 Å². The normalized spacial score (nSPS) is 19.5. The molecule has 4 heteroatoms. The summed E-state index contributed by atoms with van der Waals surface area (Å²) < 4.78 is 4.89. The third kappa shape index (κ3) is 3.59. The molecule has 0 aliphatic carbocycles. The van der Waals surface area contributed by atoms with Gasteiger partial charge in [0.05, 0.1) is 11.3 Å². The van der Waals surface area contributed by atoms with Crippen molar-refractivity contribution in [2.45, 2.75) is 33.6 Å². The maximum atomic E-state index is 11.7. The molecule has 1 aliphatic heterocycles. The molecule has 0 atom stereocenters.